The molecule has 1 atom stereocenters. The number of carbonyl (C=O) groups is 1. The van der Waals surface area contributed by atoms with Gasteiger partial charge in [-0.15, -0.1) is 0 Å². The molecular weight excluding hydrogens is 341 g/mol. The van der Waals surface area contributed by atoms with Gasteiger partial charge in [0.05, 0.1) is 5.69 Å². The quantitative estimate of drug-likeness (QED) is 0.699. The van der Waals surface area contributed by atoms with Crippen LogP contribution in [0, 0.1) is 5.82 Å². The van der Waals surface area contributed by atoms with E-state index >= 15 is 0 Å². The molecule has 0 unspecified atom stereocenters. The monoisotopic (exact) mass is 361 g/mol. The summed E-state index contributed by atoms with van der Waals surface area (Å²) in [7, 11) is 0. The minimum atomic E-state index is -0.257. The molecule has 3 aromatic rings. The van der Waals surface area contributed by atoms with Crippen molar-refractivity contribution < 1.29 is 9.18 Å². The zero-order valence-electron chi connectivity index (χ0n) is 14.9. The first-order chi connectivity index (χ1) is 13.2. The second-order valence-corrected chi connectivity index (χ2v) is 6.78. The predicted molar refractivity (Wildman–Crippen MR) is 102 cm³/mol. The minimum absolute atomic E-state index is 0.0387. The highest BCUT2D eigenvalue weighted by Crippen LogP contribution is 2.28. The molecule has 0 bridgehead atoms. The van der Waals surface area contributed by atoms with Crippen LogP contribution in [0.5, 0.6) is 0 Å². The highest BCUT2D eigenvalue weighted by atomic mass is 19.1. The highest BCUT2D eigenvalue weighted by Gasteiger charge is 2.26. The summed E-state index contributed by atoms with van der Waals surface area (Å²) in [6.45, 7) is 1.41. The summed E-state index contributed by atoms with van der Waals surface area (Å²) in [5.74, 6) is -0.0193. The molecular formula is C22H20FN3O. The van der Waals surface area contributed by atoms with Gasteiger partial charge in [0.1, 0.15) is 5.82 Å². The third-order valence-electron chi connectivity index (χ3n) is 4.96. The van der Waals surface area contributed by atoms with Gasteiger partial charge in [0.25, 0.3) is 5.91 Å². The summed E-state index contributed by atoms with van der Waals surface area (Å²) in [6.07, 6.45) is 5.23. The first kappa shape index (κ1) is 17.3. The third kappa shape index (κ3) is 3.87. The van der Waals surface area contributed by atoms with Crippen LogP contribution in [-0.2, 0) is 0 Å². The van der Waals surface area contributed by atoms with Crippen molar-refractivity contribution >= 4 is 5.91 Å². The largest absolute Gasteiger partial charge is 0.338 e. The molecule has 1 aliphatic heterocycles. The molecule has 1 saturated heterocycles. The molecule has 1 amide bonds. The number of amides is 1. The van der Waals surface area contributed by atoms with Crippen LogP contribution in [0.1, 0.15) is 34.8 Å². The number of piperidine rings is 1. The van der Waals surface area contributed by atoms with Gasteiger partial charge in [0, 0.05) is 48.2 Å². The van der Waals surface area contributed by atoms with Crippen molar-refractivity contribution in [3.05, 3.63) is 84.1 Å². The van der Waals surface area contributed by atoms with Crippen LogP contribution in [-0.4, -0.2) is 33.9 Å². The molecule has 4 rings (SSSR count). The van der Waals surface area contributed by atoms with Gasteiger partial charge in [0.15, 0.2) is 0 Å². The number of hydrogen-bond acceptors (Lipinski definition) is 3. The molecule has 0 radical (unpaired) electrons. The summed E-state index contributed by atoms with van der Waals surface area (Å²) in [5, 5.41) is 0. The van der Waals surface area contributed by atoms with Crippen molar-refractivity contribution in [1.82, 2.24) is 14.9 Å². The Morgan fingerprint density at radius 1 is 1.04 bits per heavy atom. The number of likely N-dealkylation sites (tertiary alicyclic amines) is 1. The summed E-state index contributed by atoms with van der Waals surface area (Å²) < 4.78 is 13.2. The van der Waals surface area contributed by atoms with Crippen molar-refractivity contribution in [3.8, 4) is 11.3 Å². The summed E-state index contributed by atoms with van der Waals surface area (Å²) in [4.78, 5) is 23.4. The lowest BCUT2D eigenvalue weighted by molar-refractivity contribution is 0.0706. The Morgan fingerprint density at radius 2 is 1.81 bits per heavy atom. The van der Waals surface area contributed by atoms with Crippen LogP contribution in [0.3, 0.4) is 0 Å². The topological polar surface area (TPSA) is 46.1 Å². The van der Waals surface area contributed by atoms with E-state index in [1.807, 2.05) is 23.1 Å². The summed E-state index contributed by atoms with van der Waals surface area (Å²) >= 11 is 0. The van der Waals surface area contributed by atoms with Crippen LogP contribution in [0.15, 0.2) is 67.0 Å². The highest BCUT2D eigenvalue weighted by molar-refractivity contribution is 5.94. The van der Waals surface area contributed by atoms with E-state index in [0.29, 0.717) is 12.1 Å². The van der Waals surface area contributed by atoms with E-state index < -0.39 is 0 Å². The second kappa shape index (κ2) is 7.66. The molecule has 1 aliphatic rings. The molecule has 0 saturated carbocycles. The Balaban J connectivity index is 1.54. The maximum absolute atomic E-state index is 13.2. The number of pyridine rings is 2. The maximum Gasteiger partial charge on any atom is 0.253 e. The fourth-order valence-corrected chi connectivity index (χ4v) is 3.54. The van der Waals surface area contributed by atoms with Crippen molar-refractivity contribution in [3.63, 3.8) is 0 Å². The SMILES string of the molecule is O=C(c1ccncc1)N1CCC[C@@H](c2cccc(-c3ccc(F)cc3)n2)C1. The van der Waals surface area contributed by atoms with Crippen molar-refractivity contribution in [2.45, 2.75) is 18.8 Å². The van der Waals surface area contributed by atoms with Gasteiger partial charge < -0.3 is 4.90 Å². The molecule has 3 heterocycles. The van der Waals surface area contributed by atoms with Gasteiger partial charge in [-0.25, -0.2) is 4.39 Å². The predicted octanol–water partition coefficient (Wildman–Crippen LogP) is 4.30. The van der Waals surface area contributed by atoms with Gasteiger partial charge in [-0.1, -0.05) is 6.07 Å². The van der Waals surface area contributed by atoms with E-state index in [1.54, 1.807) is 36.7 Å². The molecule has 1 fully saturated rings. The number of aromatic nitrogens is 2. The third-order valence-corrected chi connectivity index (χ3v) is 4.96. The van der Waals surface area contributed by atoms with Crippen LogP contribution < -0.4 is 0 Å². The Morgan fingerprint density at radius 3 is 2.59 bits per heavy atom. The molecule has 1 aromatic carbocycles. The second-order valence-electron chi connectivity index (χ2n) is 6.78. The van der Waals surface area contributed by atoms with Crippen LogP contribution in [0.2, 0.25) is 0 Å². The van der Waals surface area contributed by atoms with Gasteiger partial charge in [-0.05, 0) is 61.4 Å². The van der Waals surface area contributed by atoms with Gasteiger partial charge in [-0.3, -0.25) is 14.8 Å². The lowest BCUT2D eigenvalue weighted by Gasteiger charge is -2.32. The van der Waals surface area contributed by atoms with E-state index in [2.05, 4.69) is 4.98 Å². The Kier molecular flexibility index (Phi) is 4.92. The Hall–Kier alpha value is -3.08. The van der Waals surface area contributed by atoms with E-state index in [-0.39, 0.29) is 17.6 Å². The van der Waals surface area contributed by atoms with Crippen molar-refractivity contribution in [1.29, 1.82) is 0 Å². The van der Waals surface area contributed by atoms with Crippen LogP contribution in [0.25, 0.3) is 11.3 Å². The number of benzene rings is 1. The first-order valence-corrected chi connectivity index (χ1v) is 9.13. The number of halogens is 1. The average Bonchev–Trinajstić information content (AvgIpc) is 2.74. The zero-order chi connectivity index (χ0) is 18.6. The number of nitrogens with zero attached hydrogens (tertiary/aromatic N) is 3. The molecule has 136 valence electrons. The molecule has 0 N–H and O–H groups in total. The Labute approximate surface area is 157 Å². The first-order valence-electron chi connectivity index (χ1n) is 9.13. The maximum atomic E-state index is 13.2. The minimum Gasteiger partial charge on any atom is -0.338 e. The van der Waals surface area contributed by atoms with E-state index in [0.717, 1.165) is 36.3 Å². The molecule has 2 aromatic heterocycles. The van der Waals surface area contributed by atoms with E-state index in [4.69, 9.17) is 4.98 Å². The zero-order valence-corrected chi connectivity index (χ0v) is 14.9. The van der Waals surface area contributed by atoms with E-state index in [9.17, 15) is 9.18 Å². The lowest BCUT2D eigenvalue weighted by Crippen LogP contribution is -2.39. The van der Waals surface area contributed by atoms with Gasteiger partial charge >= 0.3 is 0 Å². The number of carbonyl (C=O) groups excluding carboxylic acids is 1. The van der Waals surface area contributed by atoms with Crippen molar-refractivity contribution in [2.24, 2.45) is 0 Å². The average molecular weight is 361 g/mol. The summed E-state index contributed by atoms with van der Waals surface area (Å²) in [6, 6.07) is 15.8. The fraction of sp³-hybridized carbons (Fsp3) is 0.227. The van der Waals surface area contributed by atoms with Crippen LogP contribution >= 0.6 is 0 Å². The van der Waals surface area contributed by atoms with Gasteiger partial charge in [-0.2, -0.15) is 0 Å². The smallest absolute Gasteiger partial charge is 0.253 e. The summed E-state index contributed by atoms with van der Waals surface area (Å²) in [5.41, 5.74) is 3.35. The number of rotatable bonds is 3. The normalized spacial score (nSPS) is 16.9. The van der Waals surface area contributed by atoms with Crippen LogP contribution in [0.4, 0.5) is 4.39 Å². The Bertz CT molecular complexity index is 928. The standard InChI is InChI=1S/C22H20FN3O/c23-19-8-6-16(7-9-19)20-4-1-5-21(25-20)18-3-2-14-26(15-18)22(27)17-10-12-24-13-11-17/h1,4-13,18H,2-3,14-15H2/t18-/m1/s1. The fourth-order valence-electron chi connectivity index (χ4n) is 3.54. The molecule has 0 spiro atoms. The molecule has 5 heteroatoms. The lowest BCUT2D eigenvalue weighted by atomic mass is 9.93. The van der Waals surface area contributed by atoms with Gasteiger partial charge in [0.2, 0.25) is 0 Å². The molecule has 0 aliphatic carbocycles. The van der Waals surface area contributed by atoms with Crippen molar-refractivity contribution in [2.75, 3.05) is 13.1 Å². The number of hydrogen-bond donors (Lipinski definition) is 0. The molecule has 4 nitrogen and oxygen atoms in total. The van der Waals surface area contributed by atoms with E-state index in [1.165, 1.54) is 12.1 Å². The molecule has 27 heavy (non-hydrogen) atoms.